The minimum atomic E-state index is -1.19. The van der Waals surface area contributed by atoms with Crippen LogP contribution in [0.1, 0.15) is 44.6 Å². The molecule has 0 spiro atoms. The van der Waals surface area contributed by atoms with E-state index in [0.717, 1.165) is 46.9 Å². The molecule has 1 N–H and O–H groups in total. The summed E-state index contributed by atoms with van der Waals surface area (Å²) in [5.74, 6) is -0.577. The number of hydrogen-bond acceptors (Lipinski definition) is 3. The molecule has 2 fully saturated rings. The molecule has 1 saturated carbocycles. The van der Waals surface area contributed by atoms with Gasteiger partial charge in [-0.05, 0) is 36.1 Å². The van der Waals surface area contributed by atoms with Gasteiger partial charge in [-0.15, -0.1) is 0 Å². The molecular weight excluding hydrogens is 366 g/mol. The molecule has 152 valence electrons. The van der Waals surface area contributed by atoms with Gasteiger partial charge < -0.3 is 10.2 Å². The van der Waals surface area contributed by atoms with Gasteiger partial charge in [-0.3, -0.25) is 14.5 Å². The van der Waals surface area contributed by atoms with Gasteiger partial charge in [0.05, 0.1) is 0 Å². The Morgan fingerprint density at radius 2 is 1.79 bits per heavy atom. The SMILES string of the molecule is CN(C(=O)CN1C(=O)NC(C)(c2cccc3ccccc23)C1=O)C1CCCCC1. The third kappa shape index (κ3) is 3.37. The molecule has 4 rings (SSSR count). The van der Waals surface area contributed by atoms with Crippen molar-refractivity contribution in [3.05, 3.63) is 48.0 Å². The summed E-state index contributed by atoms with van der Waals surface area (Å²) in [6, 6.07) is 13.2. The molecule has 0 bridgehead atoms. The van der Waals surface area contributed by atoms with Crippen molar-refractivity contribution in [2.75, 3.05) is 13.6 Å². The maximum absolute atomic E-state index is 13.3. The summed E-state index contributed by atoms with van der Waals surface area (Å²) in [5.41, 5.74) is -0.453. The number of urea groups is 1. The number of amides is 4. The van der Waals surface area contributed by atoms with Crippen LogP contribution in [-0.2, 0) is 15.1 Å². The Bertz CT molecular complexity index is 961. The fourth-order valence-electron chi connectivity index (χ4n) is 4.60. The summed E-state index contributed by atoms with van der Waals surface area (Å²) in [5, 5.41) is 4.74. The number of carbonyl (C=O) groups is 3. The second-order valence-electron chi connectivity index (χ2n) is 8.27. The lowest BCUT2D eigenvalue weighted by molar-refractivity contribution is -0.139. The van der Waals surface area contributed by atoms with E-state index in [-0.39, 0.29) is 24.4 Å². The summed E-state index contributed by atoms with van der Waals surface area (Å²) in [6.07, 6.45) is 5.40. The Morgan fingerprint density at radius 1 is 1.10 bits per heavy atom. The molecule has 1 saturated heterocycles. The number of hydrogen-bond donors (Lipinski definition) is 1. The summed E-state index contributed by atoms with van der Waals surface area (Å²) in [7, 11) is 1.78. The molecule has 6 nitrogen and oxygen atoms in total. The van der Waals surface area contributed by atoms with E-state index < -0.39 is 11.6 Å². The lowest BCUT2D eigenvalue weighted by Crippen LogP contribution is -2.46. The third-order valence-corrected chi connectivity index (χ3v) is 6.41. The normalized spacial score (nSPS) is 22.8. The van der Waals surface area contributed by atoms with E-state index in [1.807, 2.05) is 42.5 Å². The van der Waals surface area contributed by atoms with E-state index in [0.29, 0.717) is 0 Å². The minimum absolute atomic E-state index is 0.192. The lowest BCUT2D eigenvalue weighted by atomic mass is 9.88. The number of imide groups is 1. The number of benzene rings is 2. The zero-order valence-corrected chi connectivity index (χ0v) is 17.0. The van der Waals surface area contributed by atoms with Crippen molar-refractivity contribution < 1.29 is 14.4 Å². The Labute approximate surface area is 170 Å². The molecule has 1 atom stereocenters. The van der Waals surface area contributed by atoms with E-state index in [2.05, 4.69) is 5.32 Å². The molecule has 4 amide bonds. The standard InChI is InChI=1S/C23H27N3O3/c1-23(19-14-8-10-16-9-6-7-13-18(16)19)21(28)26(22(29)24-23)15-20(27)25(2)17-11-4-3-5-12-17/h6-10,13-14,17H,3-5,11-12,15H2,1-2H3,(H,24,29). The number of carbonyl (C=O) groups excluding carboxylic acids is 3. The van der Waals surface area contributed by atoms with Gasteiger partial charge in [-0.2, -0.15) is 0 Å². The first-order valence-electron chi connectivity index (χ1n) is 10.3. The van der Waals surface area contributed by atoms with Crippen molar-refractivity contribution >= 4 is 28.6 Å². The topological polar surface area (TPSA) is 69.7 Å². The van der Waals surface area contributed by atoms with Crippen LogP contribution in [0.3, 0.4) is 0 Å². The highest BCUT2D eigenvalue weighted by Gasteiger charge is 2.50. The summed E-state index contributed by atoms with van der Waals surface area (Å²) >= 11 is 0. The van der Waals surface area contributed by atoms with Crippen LogP contribution in [-0.4, -0.2) is 47.3 Å². The molecule has 0 aromatic heterocycles. The van der Waals surface area contributed by atoms with E-state index in [1.165, 1.54) is 6.42 Å². The quantitative estimate of drug-likeness (QED) is 0.810. The highest BCUT2D eigenvalue weighted by atomic mass is 16.2. The fourth-order valence-corrected chi connectivity index (χ4v) is 4.60. The van der Waals surface area contributed by atoms with Gasteiger partial charge in [0, 0.05) is 13.1 Å². The maximum Gasteiger partial charge on any atom is 0.325 e. The van der Waals surface area contributed by atoms with Gasteiger partial charge in [0.15, 0.2) is 0 Å². The smallest absolute Gasteiger partial charge is 0.325 e. The maximum atomic E-state index is 13.3. The largest absolute Gasteiger partial charge is 0.341 e. The van der Waals surface area contributed by atoms with Crippen molar-refractivity contribution in [1.29, 1.82) is 0 Å². The van der Waals surface area contributed by atoms with Crippen LogP contribution in [0.25, 0.3) is 10.8 Å². The first kappa shape index (κ1) is 19.4. The number of fused-ring (bicyclic) bond motifs is 1. The summed E-state index contributed by atoms with van der Waals surface area (Å²) in [4.78, 5) is 41.5. The van der Waals surface area contributed by atoms with Crippen LogP contribution in [0, 0.1) is 0 Å². The van der Waals surface area contributed by atoms with Gasteiger partial charge >= 0.3 is 6.03 Å². The molecule has 2 aromatic carbocycles. The zero-order valence-electron chi connectivity index (χ0n) is 17.0. The molecule has 0 radical (unpaired) electrons. The van der Waals surface area contributed by atoms with E-state index in [4.69, 9.17) is 0 Å². The second kappa shape index (κ2) is 7.50. The summed E-state index contributed by atoms with van der Waals surface area (Å²) in [6.45, 7) is 1.49. The number of likely N-dealkylation sites (N-methyl/N-ethyl adjacent to an activating group) is 1. The first-order chi connectivity index (χ1) is 13.9. The molecular formula is C23H27N3O3. The van der Waals surface area contributed by atoms with Crippen molar-refractivity contribution in [1.82, 2.24) is 15.1 Å². The lowest BCUT2D eigenvalue weighted by Gasteiger charge is -2.32. The molecule has 1 aliphatic heterocycles. The van der Waals surface area contributed by atoms with Crippen molar-refractivity contribution in [3.8, 4) is 0 Å². The number of rotatable bonds is 4. The van der Waals surface area contributed by atoms with Crippen molar-refractivity contribution in [2.45, 2.75) is 50.6 Å². The monoisotopic (exact) mass is 393 g/mol. The fraction of sp³-hybridized carbons (Fsp3) is 0.435. The first-order valence-corrected chi connectivity index (χ1v) is 10.3. The van der Waals surface area contributed by atoms with Gasteiger partial charge in [0.25, 0.3) is 5.91 Å². The highest BCUT2D eigenvalue weighted by Crippen LogP contribution is 2.34. The Kier molecular flexibility index (Phi) is 5.03. The van der Waals surface area contributed by atoms with Gasteiger partial charge in [-0.25, -0.2) is 4.79 Å². The second-order valence-corrected chi connectivity index (χ2v) is 8.27. The van der Waals surface area contributed by atoms with Crippen LogP contribution in [0.2, 0.25) is 0 Å². The predicted molar refractivity (Wildman–Crippen MR) is 111 cm³/mol. The molecule has 6 heteroatoms. The molecule has 1 heterocycles. The van der Waals surface area contributed by atoms with E-state index >= 15 is 0 Å². The van der Waals surface area contributed by atoms with Crippen molar-refractivity contribution in [3.63, 3.8) is 0 Å². The highest BCUT2D eigenvalue weighted by molar-refractivity contribution is 6.10. The Balaban J connectivity index is 1.57. The van der Waals surface area contributed by atoms with Crippen LogP contribution >= 0.6 is 0 Å². The van der Waals surface area contributed by atoms with Crippen LogP contribution < -0.4 is 5.32 Å². The van der Waals surface area contributed by atoms with Gasteiger partial charge in [0.2, 0.25) is 5.91 Å². The van der Waals surface area contributed by atoms with Gasteiger partial charge in [0.1, 0.15) is 12.1 Å². The third-order valence-electron chi connectivity index (χ3n) is 6.41. The average Bonchev–Trinajstić information content (AvgIpc) is 2.97. The molecule has 1 aliphatic carbocycles. The molecule has 29 heavy (non-hydrogen) atoms. The number of nitrogens with zero attached hydrogens (tertiary/aromatic N) is 2. The molecule has 1 unspecified atom stereocenters. The average molecular weight is 393 g/mol. The van der Waals surface area contributed by atoms with Gasteiger partial charge in [-0.1, -0.05) is 61.7 Å². The van der Waals surface area contributed by atoms with Crippen LogP contribution in [0.4, 0.5) is 4.79 Å². The molecule has 2 aliphatic rings. The Hall–Kier alpha value is -2.89. The minimum Gasteiger partial charge on any atom is -0.341 e. The predicted octanol–water partition coefficient (Wildman–Crippen LogP) is 3.40. The van der Waals surface area contributed by atoms with Crippen LogP contribution in [0.15, 0.2) is 42.5 Å². The van der Waals surface area contributed by atoms with E-state index in [9.17, 15) is 14.4 Å². The summed E-state index contributed by atoms with van der Waals surface area (Å²) < 4.78 is 0. The van der Waals surface area contributed by atoms with E-state index in [1.54, 1.807) is 18.9 Å². The van der Waals surface area contributed by atoms with Crippen molar-refractivity contribution in [2.24, 2.45) is 0 Å². The zero-order chi connectivity index (χ0) is 20.6. The molecule has 2 aromatic rings. The Morgan fingerprint density at radius 3 is 2.55 bits per heavy atom. The van der Waals surface area contributed by atoms with Crippen LogP contribution in [0.5, 0.6) is 0 Å². The number of nitrogens with one attached hydrogen (secondary N) is 1.